The van der Waals surface area contributed by atoms with Crippen LogP contribution in [0, 0.1) is 11.8 Å². The first kappa shape index (κ1) is 12.0. The van der Waals surface area contributed by atoms with Crippen molar-refractivity contribution >= 4 is 0 Å². The lowest BCUT2D eigenvalue weighted by atomic mass is 9.79. The summed E-state index contributed by atoms with van der Waals surface area (Å²) >= 11 is 0. The summed E-state index contributed by atoms with van der Waals surface area (Å²) in [5.74, 6) is 1.28. The minimum Gasteiger partial charge on any atom is -0.393 e. The Hall–Kier alpha value is -0.0800. The summed E-state index contributed by atoms with van der Waals surface area (Å²) in [6, 6.07) is 0. The fourth-order valence-corrected chi connectivity index (χ4v) is 2.32. The normalized spacial score (nSPS) is 34.1. The van der Waals surface area contributed by atoms with Gasteiger partial charge in [-0.3, -0.25) is 0 Å². The molecule has 2 heteroatoms. The molecule has 1 aliphatic rings. The van der Waals surface area contributed by atoms with Crippen LogP contribution in [-0.2, 0) is 4.74 Å². The minimum atomic E-state index is -0.153. The molecule has 1 aliphatic carbocycles. The van der Waals surface area contributed by atoms with Crippen molar-refractivity contribution in [3.63, 3.8) is 0 Å². The predicted molar refractivity (Wildman–Crippen MR) is 58.2 cm³/mol. The molecule has 2 nitrogen and oxygen atoms in total. The molecule has 84 valence electrons. The average molecular weight is 200 g/mol. The van der Waals surface area contributed by atoms with E-state index in [1.807, 2.05) is 0 Å². The monoisotopic (exact) mass is 200 g/mol. The summed E-state index contributed by atoms with van der Waals surface area (Å²) in [5, 5.41) is 9.73. The molecule has 0 aliphatic heterocycles. The van der Waals surface area contributed by atoms with E-state index in [9.17, 15) is 5.11 Å². The Morgan fingerprint density at radius 1 is 1.07 bits per heavy atom. The number of hydrogen-bond acceptors (Lipinski definition) is 2. The first-order valence-electron chi connectivity index (χ1n) is 5.82. The van der Waals surface area contributed by atoms with E-state index in [-0.39, 0.29) is 18.3 Å². The number of aliphatic hydroxyl groups is 1. The summed E-state index contributed by atoms with van der Waals surface area (Å²) in [7, 11) is 0. The first-order valence-corrected chi connectivity index (χ1v) is 5.82. The predicted octanol–water partition coefficient (Wildman–Crippen LogP) is 2.60. The zero-order chi connectivity index (χ0) is 10.7. The minimum absolute atomic E-state index is 0.153. The highest BCUT2D eigenvalue weighted by Gasteiger charge is 2.30. The average Bonchev–Trinajstić information content (AvgIpc) is 2.01. The van der Waals surface area contributed by atoms with Crippen molar-refractivity contribution in [3.8, 4) is 0 Å². The molecule has 3 atom stereocenters. The molecule has 0 aromatic carbocycles. The van der Waals surface area contributed by atoms with Gasteiger partial charge in [0.2, 0.25) is 0 Å². The van der Waals surface area contributed by atoms with E-state index in [1.165, 1.54) is 0 Å². The van der Waals surface area contributed by atoms with E-state index in [0.717, 1.165) is 19.3 Å². The molecule has 1 rings (SSSR count). The number of hydrogen-bond donors (Lipinski definition) is 1. The molecule has 0 heterocycles. The molecular formula is C12H24O2. The smallest absolute Gasteiger partial charge is 0.0606 e. The van der Waals surface area contributed by atoms with Crippen LogP contribution in [0.1, 0.15) is 47.0 Å². The van der Waals surface area contributed by atoms with Crippen LogP contribution in [0.2, 0.25) is 0 Å². The lowest BCUT2D eigenvalue weighted by Crippen LogP contribution is -2.34. The van der Waals surface area contributed by atoms with Gasteiger partial charge in [0.05, 0.1) is 18.3 Å². The van der Waals surface area contributed by atoms with E-state index < -0.39 is 0 Å². The molecule has 1 fully saturated rings. The third-order valence-electron chi connectivity index (χ3n) is 3.08. The highest BCUT2D eigenvalue weighted by atomic mass is 16.5. The van der Waals surface area contributed by atoms with Gasteiger partial charge in [0.25, 0.3) is 0 Å². The van der Waals surface area contributed by atoms with Crippen LogP contribution in [0.15, 0.2) is 0 Å². The van der Waals surface area contributed by atoms with Crippen molar-refractivity contribution < 1.29 is 9.84 Å². The molecule has 0 saturated heterocycles. The van der Waals surface area contributed by atoms with E-state index in [4.69, 9.17) is 4.74 Å². The topological polar surface area (TPSA) is 29.5 Å². The number of ether oxygens (including phenoxy) is 1. The van der Waals surface area contributed by atoms with Crippen LogP contribution in [0.5, 0.6) is 0 Å². The summed E-state index contributed by atoms with van der Waals surface area (Å²) in [6.45, 7) is 8.58. The second-order valence-electron chi connectivity index (χ2n) is 5.17. The molecule has 0 amide bonds. The van der Waals surface area contributed by atoms with Gasteiger partial charge in [-0.1, -0.05) is 13.8 Å². The standard InChI is InChI=1S/C12H24O2/c1-8(2)10-5-11(13)7-12(6-10)14-9(3)4/h8-13H,5-7H2,1-4H3. The van der Waals surface area contributed by atoms with Crippen LogP contribution in [-0.4, -0.2) is 23.4 Å². The van der Waals surface area contributed by atoms with E-state index in [2.05, 4.69) is 27.7 Å². The molecule has 0 spiro atoms. The van der Waals surface area contributed by atoms with Crippen molar-refractivity contribution in [2.45, 2.75) is 65.3 Å². The Balaban J connectivity index is 2.45. The van der Waals surface area contributed by atoms with Crippen LogP contribution in [0.25, 0.3) is 0 Å². The van der Waals surface area contributed by atoms with Gasteiger partial charge in [-0.25, -0.2) is 0 Å². The SMILES string of the molecule is CC(C)OC1CC(O)CC(C(C)C)C1. The van der Waals surface area contributed by atoms with Gasteiger partial charge in [0, 0.05) is 0 Å². The van der Waals surface area contributed by atoms with Crippen LogP contribution >= 0.6 is 0 Å². The lowest BCUT2D eigenvalue weighted by Gasteiger charge is -2.35. The maximum absolute atomic E-state index is 9.73. The van der Waals surface area contributed by atoms with Crippen LogP contribution in [0.3, 0.4) is 0 Å². The Labute approximate surface area is 87.7 Å². The van der Waals surface area contributed by atoms with Crippen molar-refractivity contribution in [2.24, 2.45) is 11.8 Å². The third-order valence-corrected chi connectivity index (χ3v) is 3.08. The highest BCUT2D eigenvalue weighted by Crippen LogP contribution is 2.32. The van der Waals surface area contributed by atoms with E-state index >= 15 is 0 Å². The summed E-state index contributed by atoms with van der Waals surface area (Å²) in [6.07, 6.45) is 3.29. The van der Waals surface area contributed by atoms with Crippen molar-refractivity contribution in [3.05, 3.63) is 0 Å². The van der Waals surface area contributed by atoms with Gasteiger partial charge < -0.3 is 9.84 Å². The fourth-order valence-electron chi connectivity index (χ4n) is 2.32. The molecule has 1 saturated carbocycles. The zero-order valence-corrected chi connectivity index (χ0v) is 9.86. The fraction of sp³-hybridized carbons (Fsp3) is 1.00. The Morgan fingerprint density at radius 3 is 2.21 bits per heavy atom. The summed E-state index contributed by atoms with van der Waals surface area (Å²) in [4.78, 5) is 0. The van der Waals surface area contributed by atoms with Gasteiger partial charge >= 0.3 is 0 Å². The number of rotatable bonds is 3. The maximum Gasteiger partial charge on any atom is 0.0606 e. The van der Waals surface area contributed by atoms with E-state index in [0.29, 0.717) is 11.8 Å². The Bertz CT molecular complexity index is 164. The maximum atomic E-state index is 9.73. The third kappa shape index (κ3) is 3.58. The molecule has 0 aromatic rings. The van der Waals surface area contributed by atoms with Gasteiger partial charge in [0.1, 0.15) is 0 Å². The highest BCUT2D eigenvalue weighted by molar-refractivity contribution is 4.81. The molecule has 1 N–H and O–H groups in total. The van der Waals surface area contributed by atoms with Gasteiger partial charge in [0.15, 0.2) is 0 Å². The van der Waals surface area contributed by atoms with Crippen molar-refractivity contribution in [1.29, 1.82) is 0 Å². The quantitative estimate of drug-likeness (QED) is 0.759. The second-order valence-corrected chi connectivity index (χ2v) is 5.17. The Morgan fingerprint density at radius 2 is 1.71 bits per heavy atom. The summed E-state index contributed by atoms with van der Waals surface area (Å²) < 4.78 is 5.78. The Kier molecular flexibility index (Phi) is 4.39. The van der Waals surface area contributed by atoms with E-state index in [1.54, 1.807) is 0 Å². The second kappa shape index (κ2) is 5.13. The number of aliphatic hydroxyl groups excluding tert-OH is 1. The van der Waals surface area contributed by atoms with Gasteiger partial charge in [-0.2, -0.15) is 0 Å². The molecule has 14 heavy (non-hydrogen) atoms. The van der Waals surface area contributed by atoms with Crippen LogP contribution in [0.4, 0.5) is 0 Å². The summed E-state index contributed by atoms with van der Waals surface area (Å²) in [5.41, 5.74) is 0. The molecule has 0 aromatic heterocycles. The van der Waals surface area contributed by atoms with Crippen molar-refractivity contribution in [2.75, 3.05) is 0 Å². The van der Waals surface area contributed by atoms with Gasteiger partial charge in [-0.15, -0.1) is 0 Å². The molecule has 3 unspecified atom stereocenters. The molecule has 0 radical (unpaired) electrons. The van der Waals surface area contributed by atoms with Gasteiger partial charge in [-0.05, 0) is 44.9 Å². The molecular weight excluding hydrogens is 176 g/mol. The lowest BCUT2D eigenvalue weighted by molar-refractivity contribution is -0.0643. The van der Waals surface area contributed by atoms with Crippen LogP contribution < -0.4 is 0 Å². The zero-order valence-electron chi connectivity index (χ0n) is 9.86. The molecule has 0 bridgehead atoms. The first-order chi connectivity index (χ1) is 6.49. The largest absolute Gasteiger partial charge is 0.393 e. The van der Waals surface area contributed by atoms with Crippen molar-refractivity contribution in [1.82, 2.24) is 0 Å².